The molecule has 0 atom stereocenters. The fourth-order valence-corrected chi connectivity index (χ4v) is 2.13. The molecule has 0 fully saturated rings. The van der Waals surface area contributed by atoms with Crippen LogP contribution in [0, 0.1) is 0 Å². The normalized spacial score (nSPS) is 10.2. The lowest BCUT2D eigenvalue weighted by atomic mass is 10.0. The van der Waals surface area contributed by atoms with Crippen molar-refractivity contribution in [3.8, 4) is 22.6 Å². The third-order valence-electron chi connectivity index (χ3n) is 3.17. The van der Waals surface area contributed by atoms with Crippen LogP contribution in [0.3, 0.4) is 0 Å². The highest BCUT2D eigenvalue weighted by atomic mass is 16.5. The number of carbonyl (C=O) groups excluding carboxylic acids is 1. The average molecular weight is 284 g/mol. The van der Waals surface area contributed by atoms with E-state index in [1.807, 2.05) is 56.3 Å². The van der Waals surface area contributed by atoms with E-state index < -0.39 is 0 Å². The second-order valence-corrected chi connectivity index (χ2v) is 4.66. The number of ether oxygens (including phenoxy) is 2. The number of benzene rings is 2. The van der Waals surface area contributed by atoms with E-state index in [2.05, 4.69) is 0 Å². The van der Waals surface area contributed by atoms with E-state index in [1.54, 1.807) is 6.92 Å². The van der Waals surface area contributed by atoms with E-state index in [9.17, 15) is 4.79 Å². The molecule has 0 spiro atoms. The smallest absolute Gasteiger partial charge is 0.161 e. The van der Waals surface area contributed by atoms with Crippen LogP contribution < -0.4 is 9.47 Å². The van der Waals surface area contributed by atoms with Crippen molar-refractivity contribution >= 4 is 5.78 Å². The molecule has 0 unspecified atom stereocenters. The Hall–Kier alpha value is -2.29. The predicted octanol–water partition coefficient (Wildman–Crippen LogP) is 4.35. The largest absolute Gasteiger partial charge is 0.490 e. The lowest BCUT2D eigenvalue weighted by Crippen LogP contribution is -1.98. The van der Waals surface area contributed by atoms with Gasteiger partial charge >= 0.3 is 0 Å². The van der Waals surface area contributed by atoms with Crippen molar-refractivity contribution in [3.63, 3.8) is 0 Å². The minimum atomic E-state index is 0.0725. The summed E-state index contributed by atoms with van der Waals surface area (Å²) in [6.07, 6.45) is 0. The zero-order chi connectivity index (χ0) is 15.2. The van der Waals surface area contributed by atoms with Gasteiger partial charge in [-0.15, -0.1) is 0 Å². The molecule has 0 aliphatic carbocycles. The van der Waals surface area contributed by atoms with Crippen molar-refractivity contribution in [3.05, 3.63) is 48.0 Å². The van der Waals surface area contributed by atoms with Gasteiger partial charge in [0.2, 0.25) is 0 Å². The topological polar surface area (TPSA) is 35.5 Å². The number of Topliss-reactive ketones (excluding diaryl/α,β-unsaturated/α-hetero) is 1. The van der Waals surface area contributed by atoms with Gasteiger partial charge in [0.25, 0.3) is 0 Å². The number of rotatable bonds is 6. The Balaban J connectivity index is 2.34. The Morgan fingerprint density at radius 1 is 0.857 bits per heavy atom. The lowest BCUT2D eigenvalue weighted by Gasteiger charge is -2.12. The fraction of sp³-hybridized carbons (Fsp3) is 0.278. The second-order valence-electron chi connectivity index (χ2n) is 4.66. The quantitative estimate of drug-likeness (QED) is 0.740. The molecule has 0 amide bonds. The summed E-state index contributed by atoms with van der Waals surface area (Å²) in [5.41, 5.74) is 2.80. The SMILES string of the molecule is CCOc1ccc(-c2ccc(C(C)=O)cc2)cc1OCC. The van der Waals surface area contributed by atoms with Crippen LogP contribution in [-0.4, -0.2) is 19.0 Å². The molecule has 0 N–H and O–H groups in total. The second kappa shape index (κ2) is 6.93. The minimum absolute atomic E-state index is 0.0725. The molecule has 0 saturated heterocycles. The summed E-state index contributed by atoms with van der Waals surface area (Å²) < 4.78 is 11.2. The lowest BCUT2D eigenvalue weighted by molar-refractivity contribution is 0.101. The molecule has 3 nitrogen and oxygen atoms in total. The number of hydrogen-bond acceptors (Lipinski definition) is 3. The van der Waals surface area contributed by atoms with Gasteiger partial charge in [0.15, 0.2) is 17.3 Å². The molecular formula is C18H20O3. The van der Waals surface area contributed by atoms with Crippen LogP contribution >= 0.6 is 0 Å². The molecule has 2 aromatic carbocycles. The van der Waals surface area contributed by atoms with E-state index >= 15 is 0 Å². The van der Waals surface area contributed by atoms with Crippen molar-refractivity contribution in [1.29, 1.82) is 0 Å². The molecular weight excluding hydrogens is 264 g/mol. The molecule has 0 bridgehead atoms. The summed E-state index contributed by atoms with van der Waals surface area (Å²) >= 11 is 0. The third-order valence-corrected chi connectivity index (χ3v) is 3.17. The molecule has 3 heteroatoms. The van der Waals surface area contributed by atoms with Crippen molar-refractivity contribution in [2.45, 2.75) is 20.8 Å². The van der Waals surface area contributed by atoms with Crippen molar-refractivity contribution in [1.82, 2.24) is 0 Å². The summed E-state index contributed by atoms with van der Waals surface area (Å²) in [6, 6.07) is 13.5. The van der Waals surface area contributed by atoms with Gasteiger partial charge in [-0.2, -0.15) is 0 Å². The third kappa shape index (κ3) is 3.63. The summed E-state index contributed by atoms with van der Waals surface area (Å²) in [5.74, 6) is 1.57. The molecule has 0 aliphatic heterocycles. The number of hydrogen-bond donors (Lipinski definition) is 0. The summed E-state index contributed by atoms with van der Waals surface area (Å²) in [4.78, 5) is 11.3. The van der Waals surface area contributed by atoms with Gasteiger partial charge in [0.1, 0.15) is 0 Å². The molecule has 0 radical (unpaired) electrons. The zero-order valence-electron chi connectivity index (χ0n) is 12.7. The van der Waals surface area contributed by atoms with Gasteiger partial charge in [0.05, 0.1) is 13.2 Å². The van der Waals surface area contributed by atoms with E-state index in [0.717, 1.165) is 28.2 Å². The summed E-state index contributed by atoms with van der Waals surface area (Å²) in [6.45, 7) is 6.66. The Labute approximate surface area is 125 Å². The van der Waals surface area contributed by atoms with E-state index in [-0.39, 0.29) is 5.78 Å². The molecule has 0 heterocycles. The number of carbonyl (C=O) groups is 1. The first kappa shape index (κ1) is 15.1. The Morgan fingerprint density at radius 2 is 1.43 bits per heavy atom. The highest BCUT2D eigenvalue weighted by Crippen LogP contribution is 2.33. The molecule has 2 rings (SSSR count). The Kier molecular flexibility index (Phi) is 4.99. The van der Waals surface area contributed by atoms with Crippen molar-refractivity contribution < 1.29 is 14.3 Å². The van der Waals surface area contributed by atoms with E-state index in [1.165, 1.54) is 0 Å². The first-order valence-corrected chi connectivity index (χ1v) is 7.16. The maximum absolute atomic E-state index is 11.3. The first-order chi connectivity index (χ1) is 10.2. The molecule has 21 heavy (non-hydrogen) atoms. The maximum atomic E-state index is 11.3. The minimum Gasteiger partial charge on any atom is -0.490 e. The van der Waals surface area contributed by atoms with Gasteiger partial charge in [-0.1, -0.05) is 30.3 Å². The van der Waals surface area contributed by atoms with Crippen LogP contribution in [0.5, 0.6) is 11.5 Å². The zero-order valence-corrected chi connectivity index (χ0v) is 12.7. The van der Waals surface area contributed by atoms with Crippen molar-refractivity contribution in [2.75, 3.05) is 13.2 Å². The van der Waals surface area contributed by atoms with Gasteiger partial charge in [0, 0.05) is 5.56 Å². The fourth-order valence-electron chi connectivity index (χ4n) is 2.13. The Morgan fingerprint density at radius 3 is 2.00 bits per heavy atom. The summed E-state index contributed by atoms with van der Waals surface area (Å²) in [5, 5.41) is 0. The van der Waals surface area contributed by atoms with Gasteiger partial charge < -0.3 is 9.47 Å². The number of ketones is 1. The van der Waals surface area contributed by atoms with Crippen LogP contribution in [0.2, 0.25) is 0 Å². The standard InChI is InChI=1S/C18H20O3/c1-4-20-17-11-10-16(12-18(17)21-5-2)15-8-6-14(7-9-15)13(3)19/h6-12H,4-5H2,1-3H3. The highest BCUT2D eigenvalue weighted by molar-refractivity contribution is 5.94. The van der Waals surface area contributed by atoms with Gasteiger partial charge in [-0.25, -0.2) is 0 Å². The van der Waals surface area contributed by atoms with E-state index in [4.69, 9.17) is 9.47 Å². The van der Waals surface area contributed by atoms with Crippen LogP contribution in [-0.2, 0) is 0 Å². The van der Waals surface area contributed by atoms with Crippen molar-refractivity contribution in [2.24, 2.45) is 0 Å². The molecule has 110 valence electrons. The summed E-state index contributed by atoms with van der Waals surface area (Å²) in [7, 11) is 0. The average Bonchev–Trinajstić information content (AvgIpc) is 2.49. The molecule has 0 saturated carbocycles. The molecule has 0 aliphatic rings. The van der Waals surface area contributed by atoms with Crippen LogP contribution in [0.25, 0.3) is 11.1 Å². The molecule has 2 aromatic rings. The maximum Gasteiger partial charge on any atom is 0.161 e. The highest BCUT2D eigenvalue weighted by Gasteiger charge is 2.08. The van der Waals surface area contributed by atoms with Crippen LogP contribution in [0.1, 0.15) is 31.1 Å². The molecule has 0 aromatic heterocycles. The van der Waals surface area contributed by atoms with Crippen LogP contribution in [0.4, 0.5) is 0 Å². The Bertz CT molecular complexity index is 615. The monoisotopic (exact) mass is 284 g/mol. The first-order valence-electron chi connectivity index (χ1n) is 7.16. The van der Waals surface area contributed by atoms with Gasteiger partial charge in [-0.3, -0.25) is 4.79 Å². The van der Waals surface area contributed by atoms with E-state index in [0.29, 0.717) is 13.2 Å². The predicted molar refractivity (Wildman–Crippen MR) is 84.2 cm³/mol. The van der Waals surface area contributed by atoms with Gasteiger partial charge in [-0.05, 0) is 44.0 Å². The van der Waals surface area contributed by atoms with Crippen LogP contribution in [0.15, 0.2) is 42.5 Å².